The molecule has 0 saturated carbocycles. The van der Waals surface area contributed by atoms with Gasteiger partial charge in [0, 0.05) is 25.2 Å². The van der Waals surface area contributed by atoms with E-state index in [4.69, 9.17) is 5.73 Å². The lowest BCUT2D eigenvalue weighted by Gasteiger charge is -2.40. The molecule has 1 fully saturated rings. The van der Waals surface area contributed by atoms with Gasteiger partial charge in [0.05, 0.1) is 0 Å². The van der Waals surface area contributed by atoms with Gasteiger partial charge in [-0.3, -0.25) is 4.90 Å². The van der Waals surface area contributed by atoms with E-state index in [-0.39, 0.29) is 5.54 Å². The lowest BCUT2D eigenvalue weighted by molar-refractivity contribution is 0.0758. The highest BCUT2D eigenvalue weighted by Crippen LogP contribution is 2.35. The second-order valence-electron chi connectivity index (χ2n) is 6.21. The molecule has 2 aliphatic heterocycles. The average molecular weight is 259 g/mol. The smallest absolute Gasteiger partial charge is 0.0351 e. The van der Waals surface area contributed by atoms with Crippen molar-refractivity contribution >= 4 is 0 Å². The first-order valence-corrected chi connectivity index (χ1v) is 7.44. The van der Waals surface area contributed by atoms with Crippen LogP contribution in [-0.4, -0.2) is 42.0 Å². The summed E-state index contributed by atoms with van der Waals surface area (Å²) in [6.07, 6.45) is 3.70. The molecule has 0 spiro atoms. The molecule has 1 aromatic carbocycles. The van der Waals surface area contributed by atoms with Crippen molar-refractivity contribution < 1.29 is 0 Å². The largest absolute Gasteiger partial charge is 0.329 e. The van der Waals surface area contributed by atoms with Crippen molar-refractivity contribution in [2.45, 2.75) is 37.9 Å². The van der Waals surface area contributed by atoms with Crippen molar-refractivity contribution in [3.8, 4) is 0 Å². The van der Waals surface area contributed by atoms with Crippen LogP contribution < -0.4 is 5.73 Å². The predicted octanol–water partition coefficient (Wildman–Crippen LogP) is 1.82. The van der Waals surface area contributed by atoms with Crippen molar-refractivity contribution in [2.24, 2.45) is 5.73 Å². The second kappa shape index (κ2) is 5.23. The van der Waals surface area contributed by atoms with E-state index in [0.717, 1.165) is 19.6 Å². The van der Waals surface area contributed by atoms with Crippen LogP contribution >= 0.6 is 0 Å². The molecule has 0 radical (unpaired) electrons. The van der Waals surface area contributed by atoms with Gasteiger partial charge in [0.1, 0.15) is 0 Å². The van der Waals surface area contributed by atoms with Crippen molar-refractivity contribution in [2.75, 3.05) is 26.7 Å². The first-order chi connectivity index (χ1) is 9.23. The standard InChI is InChI=1S/C16H25N3/c1-18-9-4-7-16(13-17,8-10-18)19-11-14-5-2-3-6-15(14)12-19/h2-3,5-6H,4,7-13,17H2,1H3. The van der Waals surface area contributed by atoms with Crippen LogP contribution in [0.5, 0.6) is 0 Å². The quantitative estimate of drug-likeness (QED) is 0.879. The molecule has 1 aromatic rings. The zero-order chi connectivity index (χ0) is 13.3. The molecular formula is C16H25N3. The molecule has 19 heavy (non-hydrogen) atoms. The molecule has 2 aliphatic rings. The second-order valence-corrected chi connectivity index (χ2v) is 6.21. The Labute approximate surface area is 116 Å². The number of benzene rings is 1. The Balaban J connectivity index is 1.80. The van der Waals surface area contributed by atoms with Crippen LogP contribution in [-0.2, 0) is 13.1 Å². The van der Waals surface area contributed by atoms with Gasteiger partial charge >= 0.3 is 0 Å². The SMILES string of the molecule is CN1CCCC(CN)(N2Cc3ccccc3C2)CC1. The Bertz CT molecular complexity index is 420. The number of rotatable bonds is 2. The normalized spacial score (nSPS) is 29.2. The summed E-state index contributed by atoms with van der Waals surface area (Å²) in [7, 11) is 2.23. The predicted molar refractivity (Wildman–Crippen MR) is 78.8 cm³/mol. The summed E-state index contributed by atoms with van der Waals surface area (Å²) in [5.41, 5.74) is 9.41. The molecule has 1 unspecified atom stereocenters. The fourth-order valence-corrected chi connectivity index (χ4v) is 3.63. The summed E-state index contributed by atoms with van der Waals surface area (Å²) >= 11 is 0. The zero-order valence-corrected chi connectivity index (χ0v) is 11.9. The van der Waals surface area contributed by atoms with E-state index < -0.39 is 0 Å². The molecule has 104 valence electrons. The van der Waals surface area contributed by atoms with Crippen LogP contribution in [0.15, 0.2) is 24.3 Å². The van der Waals surface area contributed by atoms with Gasteiger partial charge in [0.25, 0.3) is 0 Å². The fraction of sp³-hybridized carbons (Fsp3) is 0.625. The number of hydrogen-bond acceptors (Lipinski definition) is 3. The van der Waals surface area contributed by atoms with E-state index in [0.29, 0.717) is 0 Å². The van der Waals surface area contributed by atoms with Gasteiger partial charge in [-0.05, 0) is 50.5 Å². The van der Waals surface area contributed by atoms with E-state index in [2.05, 4.69) is 41.1 Å². The third-order valence-electron chi connectivity index (χ3n) is 5.03. The zero-order valence-electron chi connectivity index (χ0n) is 11.9. The molecule has 3 nitrogen and oxygen atoms in total. The maximum absolute atomic E-state index is 6.21. The third kappa shape index (κ3) is 2.42. The molecular weight excluding hydrogens is 234 g/mol. The Morgan fingerprint density at radius 1 is 1.11 bits per heavy atom. The lowest BCUT2D eigenvalue weighted by atomic mass is 9.88. The number of hydrogen-bond donors (Lipinski definition) is 1. The molecule has 0 aromatic heterocycles. The number of fused-ring (bicyclic) bond motifs is 1. The molecule has 0 bridgehead atoms. The highest BCUT2D eigenvalue weighted by atomic mass is 15.2. The van der Waals surface area contributed by atoms with Gasteiger partial charge in [0.15, 0.2) is 0 Å². The van der Waals surface area contributed by atoms with E-state index in [1.807, 2.05) is 0 Å². The van der Waals surface area contributed by atoms with Gasteiger partial charge in [-0.15, -0.1) is 0 Å². The maximum Gasteiger partial charge on any atom is 0.0351 e. The highest BCUT2D eigenvalue weighted by Gasteiger charge is 2.39. The molecule has 3 heteroatoms. The lowest BCUT2D eigenvalue weighted by Crippen LogP contribution is -2.52. The van der Waals surface area contributed by atoms with Gasteiger partial charge in [0.2, 0.25) is 0 Å². The minimum atomic E-state index is 0.212. The molecule has 2 heterocycles. The van der Waals surface area contributed by atoms with Gasteiger partial charge < -0.3 is 10.6 Å². The third-order valence-corrected chi connectivity index (χ3v) is 5.03. The maximum atomic E-state index is 6.21. The number of nitrogens with zero attached hydrogens (tertiary/aromatic N) is 2. The van der Waals surface area contributed by atoms with Crippen LogP contribution in [0.4, 0.5) is 0 Å². The minimum absolute atomic E-state index is 0.212. The average Bonchev–Trinajstić information content (AvgIpc) is 2.77. The van der Waals surface area contributed by atoms with E-state index in [1.54, 1.807) is 0 Å². The molecule has 0 amide bonds. The van der Waals surface area contributed by atoms with Gasteiger partial charge in [-0.1, -0.05) is 24.3 Å². The summed E-state index contributed by atoms with van der Waals surface area (Å²) in [5.74, 6) is 0. The molecule has 1 atom stereocenters. The summed E-state index contributed by atoms with van der Waals surface area (Å²) in [5, 5.41) is 0. The highest BCUT2D eigenvalue weighted by molar-refractivity contribution is 5.31. The topological polar surface area (TPSA) is 32.5 Å². The fourth-order valence-electron chi connectivity index (χ4n) is 3.63. The molecule has 0 aliphatic carbocycles. The first-order valence-electron chi connectivity index (χ1n) is 7.44. The van der Waals surface area contributed by atoms with Crippen LogP contribution in [0, 0.1) is 0 Å². The van der Waals surface area contributed by atoms with Crippen LogP contribution in [0.25, 0.3) is 0 Å². The van der Waals surface area contributed by atoms with Crippen molar-refractivity contribution in [1.82, 2.24) is 9.80 Å². The summed E-state index contributed by atoms with van der Waals surface area (Å²) < 4.78 is 0. The van der Waals surface area contributed by atoms with Crippen LogP contribution in [0.2, 0.25) is 0 Å². The van der Waals surface area contributed by atoms with Gasteiger partial charge in [-0.2, -0.15) is 0 Å². The van der Waals surface area contributed by atoms with Gasteiger partial charge in [-0.25, -0.2) is 0 Å². The van der Waals surface area contributed by atoms with Crippen LogP contribution in [0.1, 0.15) is 30.4 Å². The Hall–Kier alpha value is -0.900. The summed E-state index contributed by atoms with van der Waals surface area (Å²) in [6.45, 7) is 5.33. The Morgan fingerprint density at radius 3 is 2.42 bits per heavy atom. The van der Waals surface area contributed by atoms with E-state index in [9.17, 15) is 0 Å². The molecule has 1 saturated heterocycles. The number of likely N-dealkylation sites (tertiary alicyclic amines) is 1. The first kappa shape index (κ1) is 13.1. The Kier molecular flexibility index (Phi) is 3.61. The van der Waals surface area contributed by atoms with Crippen molar-refractivity contribution in [3.05, 3.63) is 35.4 Å². The molecule has 3 rings (SSSR count). The monoisotopic (exact) mass is 259 g/mol. The van der Waals surface area contributed by atoms with Crippen molar-refractivity contribution in [1.29, 1.82) is 0 Å². The Morgan fingerprint density at radius 2 is 1.79 bits per heavy atom. The summed E-state index contributed by atoms with van der Waals surface area (Å²) in [6, 6.07) is 8.83. The van der Waals surface area contributed by atoms with E-state index >= 15 is 0 Å². The van der Waals surface area contributed by atoms with Crippen molar-refractivity contribution in [3.63, 3.8) is 0 Å². The summed E-state index contributed by atoms with van der Waals surface area (Å²) in [4.78, 5) is 5.08. The van der Waals surface area contributed by atoms with Crippen LogP contribution in [0.3, 0.4) is 0 Å². The van der Waals surface area contributed by atoms with E-state index in [1.165, 1.54) is 43.5 Å². The molecule has 2 N–H and O–H groups in total. The minimum Gasteiger partial charge on any atom is -0.329 e. The number of nitrogens with two attached hydrogens (primary N) is 1.